The maximum absolute atomic E-state index is 13.3. The molecule has 0 bridgehead atoms. The van der Waals surface area contributed by atoms with E-state index in [-0.39, 0.29) is 18.4 Å². The molecule has 1 fully saturated rings. The number of hydrogen-bond donors (Lipinski definition) is 1. The lowest BCUT2D eigenvalue weighted by Crippen LogP contribution is -2.33. The van der Waals surface area contributed by atoms with Gasteiger partial charge >= 0.3 is 0 Å². The fraction of sp³-hybridized carbons (Fsp3) is 0.375. The van der Waals surface area contributed by atoms with E-state index in [1.165, 1.54) is 0 Å². The number of nitrogens with two attached hydrogens (primary N) is 1. The Balaban J connectivity index is 1.71. The Labute approximate surface area is 192 Å². The van der Waals surface area contributed by atoms with Gasteiger partial charge in [-0.15, -0.1) is 0 Å². The van der Waals surface area contributed by atoms with E-state index in [0.717, 1.165) is 40.9 Å². The fourth-order valence-corrected chi connectivity index (χ4v) is 4.25. The van der Waals surface area contributed by atoms with Crippen molar-refractivity contribution in [3.63, 3.8) is 0 Å². The van der Waals surface area contributed by atoms with Crippen LogP contribution in [-0.2, 0) is 11.2 Å². The molecular weight excluding hydrogens is 420 g/mol. The lowest BCUT2D eigenvalue weighted by molar-refractivity contribution is -0.131. The van der Waals surface area contributed by atoms with E-state index in [9.17, 15) is 9.59 Å². The van der Waals surface area contributed by atoms with Crippen LogP contribution >= 0.6 is 0 Å². The van der Waals surface area contributed by atoms with E-state index < -0.39 is 5.91 Å². The molecule has 1 aliphatic rings. The molecule has 0 unspecified atom stereocenters. The number of aromatic nitrogens is 3. The highest BCUT2D eigenvalue weighted by atomic mass is 16.5. The van der Waals surface area contributed by atoms with Crippen molar-refractivity contribution in [1.29, 1.82) is 0 Å². The third-order valence-corrected chi connectivity index (χ3v) is 6.08. The molecule has 2 N–H and O–H groups in total. The molecule has 172 valence electrons. The Bertz CT molecular complexity index is 1170. The first-order valence-electron chi connectivity index (χ1n) is 10.9. The molecular formula is C24H28N6O3. The van der Waals surface area contributed by atoms with Crippen molar-refractivity contribution in [2.45, 2.75) is 39.2 Å². The molecule has 2 amide bonds. The van der Waals surface area contributed by atoms with Crippen LogP contribution in [0.1, 0.15) is 52.0 Å². The maximum Gasteiger partial charge on any atom is 0.248 e. The molecule has 33 heavy (non-hydrogen) atoms. The number of primary amides is 1. The summed E-state index contributed by atoms with van der Waals surface area (Å²) in [6.07, 6.45) is 3.72. The van der Waals surface area contributed by atoms with Gasteiger partial charge in [-0.25, -0.2) is 9.97 Å². The minimum absolute atomic E-state index is 0.0203. The molecule has 9 heteroatoms. The molecule has 0 aliphatic carbocycles. The van der Waals surface area contributed by atoms with Gasteiger partial charge in [0.15, 0.2) is 0 Å². The Morgan fingerprint density at radius 3 is 2.55 bits per heavy atom. The number of amides is 2. The highest BCUT2D eigenvalue weighted by Crippen LogP contribution is 2.37. The topological polar surface area (TPSA) is 118 Å². The standard InChI is InChI=1S/C24H28N6O3/c1-14-18(15(2)33-28-14)12-21(31)30-11-5-6-20(30)22-19(13-26-24(27-22)29(3)4)16-7-9-17(10-8-16)23(25)32/h7-10,13,20H,5-6,11-12H2,1-4H3,(H2,25,32)/t20-/m1/s1. The zero-order chi connectivity index (χ0) is 23.7. The molecule has 1 aliphatic heterocycles. The number of nitrogens with zero attached hydrogens (tertiary/aromatic N) is 5. The Morgan fingerprint density at radius 1 is 1.21 bits per heavy atom. The predicted molar refractivity (Wildman–Crippen MR) is 124 cm³/mol. The first-order chi connectivity index (χ1) is 15.8. The number of benzene rings is 1. The number of carbonyl (C=O) groups is 2. The lowest BCUT2D eigenvalue weighted by Gasteiger charge is -2.27. The highest BCUT2D eigenvalue weighted by Gasteiger charge is 2.34. The molecule has 1 saturated heterocycles. The van der Waals surface area contributed by atoms with Gasteiger partial charge < -0.3 is 20.1 Å². The minimum Gasteiger partial charge on any atom is -0.366 e. The Hall–Kier alpha value is -3.75. The van der Waals surface area contributed by atoms with E-state index in [4.69, 9.17) is 15.2 Å². The van der Waals surface area contributed by atoms with Gasteiger partial charge in [-0.1, -0.05) is 17.3 Å². The van der Waals surface area contributed by atoms with Crippen molar-refractivity contribution in [1.82, 2.24) is 20.0 Å². The molecule has 3 heterocycles. The number of likely N-dealkylation sites (tertiary alicyclic amines) is 1. The van der Waals surface area contributed by atoms with Crippen LogP contribution in [0.5, 0.6) is 0 Å². The summed E-state index contributed by atoms with van der Waals surface area (Å²) in [5, 5.41) is 3.97. The van der Waals surface area contributed by atoms with Crippen LogP contribution in [0.15, 0.2) is 35.0 Å². The smallest absolute Gasteiger partial charge is 0.248 e. The molecule has 0 spiro atoms. The second kappa shape index (κ2) is 9.01. The summed E-state index contributed by atoms with van der Waals surface area (Å²) in [6.45, 7) is 4.34. The van der Waals surface area contributed by atoms with E-state index in [1.807, 2.05) is 49.9 Å². The summed E-state index contributed by atoms with van der Waals surface area (Å²) in [4.78, 5) is 37.9. The molecule has 9 nitrogen and oxygen atoms in total. The Kier molecular flexibility index (Phi) is 6.13. The van der Waals surface area contributed by atoms with Crippen LogP contribution in [0, 0.1) is 13.8 Å². The van der Waals surface area contributed by atoms with Crippen molar-refractivity contribution < 1.29 is 14.1 Å². The summed E-state index contributed by atoms with van der Waals surface area (Å²) in [5.41, 5.74) is 9.89. The van der Waals surface area contributed by atoms with Gasteiger partial charge in [0.25, 0.3) is 0 Å². The summed E-state index contributed by atoms with van der Waals surface area (Å²) in [6, 6.07) is 6.88. The summed E-state index contributed by atoms with van der Waals surface area (Å²) in [7, 11) is 3.77. The predicted octanol–water partition coefficient (Wildman–Crippen LogP) is 2.82. The average molecular weight is 449 g/mol. The van der Waals surface area contributed by atoms with E-state index >= 15 is 0 Å². The normalized spacial score (nSPS) is 15.6. The molecule has 2 aromatic heterocycles. The lowest BCUT2D eigenvalue weighted by atomic mass is 9.98. The van der Waals surface area contributed by atoms with E-state index in [0.29, 0.717) is 23.8 Å². The van der Waals surface area contributed by atoms with Crippen molar-refractivity contribution >= 4 is 17.8 Å². The molecule has 1 aromatic carbocycles. The van der Waals surface area contributed by atoms with Gasteiger partial charge in [-0.3, -0.25) is 9.59 Å². The Morgan fingerprint density at radius 2 is 1.94 bits per heavy atom. The summed E-state index contributed by atoms with van der Waals surface area (Å²) < 4.78 is 5.24. The minimum atomic E-state index is -0.479. The molecule has 1 atom stereocenters. The maximum atomic E-state index is 13.3. The molecule has 0 saturated carbocycles. The summed E-state index contributed by atoms with van der Waals surface area (Å²) in [5.74, 6) is 0.788. The van der Waals surface area contributed by atoms with E-state index in [2.05, 4.69) is 10.1 Å². The SMILES string of the molecule is Cc1noc(C)c1CC(=O)N1CCC[C@@H]1c1nc(N(C)C)ncc1-c1ccc(C(N)=O)cc1. The third kappa shape index (κ3) is 4.44. The monoisotopic (exact) mass is 448 g/mol. The van der Waals surface area contributed by atoms with Gasteiger partial charge in [-0.2, -0.15) is 0 Å². The van der Waals surface area contributed by atoms with E-state index in [1.54, 1.807) is 18.3 Å². The van der Waals surface area contributed by atoms with Gasteiger partial charge in [0.2, 0.25) is 17.8 Å². The second-order valence-corrected chi connectivity index (χ2v) is 8.53. The molecule has 3 aromatic rings. The number of hydrogen-bond acceptors (Lipinski definition) is 7. The van der Waals surface area contributed by atoms with Crippen molar-refractivity contribution in [2.75, 3.05) is 25.5 Å². The average Bonchev–Trinajstić information content (AvgIpc) is 3.41. The van der Waals surface area contributed by atoms with Crippen LogP contribution in [-0.4, -0.2) is 52.5 Å². The largest absolute Gasteiger partial charge is 0.366 e. The molecule has 0 radical (unpaired) electrons. The number of rotatable bonds is 6. The van der Waals surface area contributed by atoms with Gasteiger partial charge in [0, 0.05) is 43.5 Å². The van der Waals surface area contributed by atoms with Crippen LogP contribution in [0.25, 0.3) is 11.1 Å². The first kappa shape index (κ1) is 22.4. The van der Waals surface area contributed by atoms with Crippen LogP contribution in [0.3, 0.4) is 0 Å². The second-order valence-electron chi connectivity index (χ2n) is 8.53. The molecule has 4 rings (SSSR count). The van der Waals surface area contributed by atoms with Crippen LogP contribution in [0.2, 0.25) is 0 Å². The number of carbonyl (C=O) groups excluding carboxylic acids is 2. The van der Waals surface area contributed by atoms with Gasteiger partial charge in [0.05, 0.1) is 23.9 Å². The zero-order valence-corrected chi connectivity index (χ0v) is 19.3. The van der Waals surface area contributed by atoms with Crippen LogP contribution in [0.4, 0.5) is 5.95 Å². The number of aryl methyl sites for hydroxylation is 2. The third-order valence-electron chi connectivity index (χ3n) is 6.08. The van der Waals surface area contributed by atoms with Crippen molar-refractivity contribution in [2.24, 2.45) is 5.73 Å². The summed E-state index contributed by atoms with van der Waals surface area (Å²) >= 11 is 0. The number of anilines is 1. The van der Waals surface area contributed by atoms with Crippen molar-refractivity contribution in [3.8, 4) is 11.1 Å². The van der Waals surface area contributed by atoms with Crippen molar-refractivity contribution in [3.05, 3.63) is 58.7 Å². The van der Waals surface area contributed by atoms with Gasteiger partial charge in [0.1, 0.15) is 5.76 Å². The quantitative estimate of drug-likeness (QED) is 0.616. The fourth-order valence-electron chi connectivity index (χ4n) is 4.25. The first-order valence-corrected chi connectivity index (χ1v) is 10.9. The van der Waals surface area contributed by atoms with Gasteiger partial charge in [-0.05, 0) is 44.4 Å². The highest BCUT2D eigenvalue weighted by molar-refractivity contribution is 5.93. The van der Waals surface area contributed by atoms with Crippen LogP contribution < -0.4 is 10.6 Å². The zero-order valence-electron chi connectivity index (χ0n) is 19.3.